The van der Waals surface area contributed by atoms with E-state index >= 15 is 0 Å². The van der Waals surface area contributed by atoms with Crippen molar-refractivity contribution in [2.45, 2.75) is 19.4 Å². The van der Waals surface area contributed by atoms with Crippen molar-refractivity contribution >= 4 is 11.9 Å². The Labute approximate surface area is 160 Å². The van der Waals surface area contributed by atoms with Gasteiger partial charge in [-0.1, -0.05) is 12.1 Å². The van der Waals surface area contributed by atoms with Gasteiger partial charge in [0.25, 0.3) is 0 Å². The van der Waals surface area contributed by atoms with Crippen molar-refractivity contribution in [1.29, 1.82) is 0 Å². The van der Waals surface area contributed by atoms with E-state index in [-0.39, 0.29) is 11.8 Å². The van der Waals surface area contributed by atoms with E-state index in [4.69, 9.17) is 4.74 Å². The fraction of sp³-hybridized carbons (Fsp3) is 0.600. The minimum atomic E-state index is -0.751. The summed E-state index contributed by atoms with van der Waals surface area (Å²) in [6.07, 6.45) is 1.56. The maximum atomic E-state index is 12.6. The van der Waals surface area contributed by atoms with Crippen LogP contribution in [0.25, 0.3) is 0 Å². The second-order valence-corrected chi connectivity index (χ2v) is 7.42. The van der Waals surface area contributed by atoms with Crippen LogP contribution in [0.5, 0.6) is 5.75 Å². The molecule has 0 aliphatic carbocycles. The number of aliphatic carboxylic acids is 1. The predicted molar refractivity (Wildman–Crippen MR) is 102 cm³/mol. The first kappa shape index (κ1) is 19.6. The fourth-order valence-corrected chi connectivity index (χ4v) is 3.84. The van der Waals surface area contributed by atoms with Gasteiger partial charge < -0.3 is 14.7 Å². The van der Waals surface area contributed by atoms with E-state index in [1.165, 1.54) is 5.56 Å². The molecule has 1 unspecified atom stereocenters. The summed E-state index contributed by atoms with van der Waals surface area (Å²) < 4.78 is 5.19. The van der Waals surface area contributed by atoms with Crippen LogP contribution in [0.4, 0.5) is 0 Å². The molecule has 1 aromatic carbocycles. The second-order valence-electron chi connectivity index (χ2n) is 7.42. The summed E-state index contributed by atoms with van der Waals surface area (Å²) in [5.41, 5.74) is 1.24. The molecule has 1 aromatic rings. The topological polar surface area (TPSA) is 73.3 Å². The molecular weight excluding hydrogens is 346 g/mol. The summed E-state index contributed by atoms with van der Waals surface area (Å²) in [5, 5.41) is 9.18. The summed E-state index contributed by atoms with van der Waals surface area (Å²) in [4.78, 5) is 30.0. The van der Waals surface area contributed by atoms with E-state index in [9.17, 15) is 14.7 Å². The Hall–Kier alpha value is -2.12. The molecule has 2 aliphatic heterocycles. The molecule has 0 aromatic heterocycles. The van der Waals surface area contributed by atoms with Crippen LogP contribution in [-0.4, -0.2) is 84.6 Å². The third-order valence-electron chi connectivity index (χ3n) is 5.50. The molecule has 1 amide bonds. The highest BCUT2D eigenvalue weighted by Gasteiger charge is 2.28. The number of amides is 1. The number of carboxylic acids is 1. The number of ether oxygens (including phenoxy) is 1. The first-order valence-corrected chi connectivity index (χ1v) is 9.63. The summed E-state index contributed by atoms with van der Waals surface area (Å²) in [6, 6.07) is 8.09. The molecular formula is C20H29N3O4. The van der Waals surface area contributed by atoms with Gasteiger partial charge in [0.05, 0.1) is 19.6 Å². The van der Waals surface area contributed by atoms with E-state index in [1.807, 2.05) is 21.9 Å². The van der Waals surface area contributed by atoms with Gasteiger partial charge in [0.2, 0.25) is 5.91 Å². The SMILES string of the molecule is COc1ccc(CN2CCN(C(=O)CN3CCCC(C(=O)O)C3)CC2)cc1. The number of piperazine rings is 1. The molecule has 2 heterocycles. The molecule has 2 saturated heterocycles. The van der Waals surface area contributed by atoms with Gasteiger partial charge in [-0.25, -0.2) is 0 Å². The molecule has 3 rings (SSSR count). The molecule has 0 bridgehead atoms. The Kier molecular flexibility index (Phi) is 6.68. The van der Waals surface area contributed by atoms with Gasteiger partial charge in [0.15, 0.2) is 0 Å². The number of carbonyl (C=O) groups is 2. The Bertz CT molecular complexity index is 641. The number of carboxylic acid groups (broad SMARTS) is 1. The van der Waals surface area contributed by atoms with Gasteiger partial charge in [-0.15, -0.1) is 0 Å². The van der Waals surface area contributed by atoms with Crippen molar-refractivity contribution in [3.05, 3.63) is 29.8 Å². The first-order valence-electron chi connectivity index (χ1n) is 9.63. The number of piperidine rings is 1. The van der Waals surface area contributed by atoms with Crippen molar-refractivity contribution in [1.82, 2.24) is 14.7 Å². The van der Waals surface area contributed by atoms with E-state index in [0.717, 1.165) is 51.4 Å². The zero-order valence-electron chi connectivity index (χ0n) is 16.0. The normalized spacial score (nSPS) is 21.8. The minimum absolute atomic E-state index is 0.116. The molecule has 1 N–H and O–H groups in total. The number of methoxy groups -OCH3 is 1. The fourth-order valence-electron chi connectivity index (χ4n) is 3.84. The number of carbonyl (C=O) groups excluding carboxylic acids is 1. The molecule has 2 aliphatic rings. The van der Waals surface area contributed by atoms with Crippen LogP contribution in [0.2, 0.25) is 0 Å². The standard InChI is InChI=1S/C20H29N3O4/c1-27-18-6-4-16(5-7-18)13-21-9-11-23(12-10-21)19(24)15-22-8-2-3-17(14-22)20(25)26/h4-7,17H,2-3,8-15H2,1H3,(H,25,26). The molecule has 0 spiro atoms. The lowest BCUT2D eigenvalue weighted by Gasteiger charge is -2.37. The summed E-state index contributed by atoms with van der Waals surface area (Å²) in [5.74, 6) is -0.116. The minimum Gasteiger partial charge on any atom is -0.497 e. The number of benzene rings is 1. The number of hydrogen-bond donors (Lipinski definition) is 1. The number of rotatable bonds is 6. The molecule has 7 nitrogen and oxygen atoms in total. The van der Waals surface area contributed by atoms with Crippen LogP contribution >= 0.6 is 0 Å². The maximum absolute atomic E-state index is 12.6. The molecule has 148 valence electrons. The summed E-state index contributed by atoms with van der Waals surface area (Å²) >= 11 is 0. The first-order chi connectivity index (χ1) is 13.0. The van der Waals surface area contributed by atoms with Crippen LogP contribution in [0.1, 0.15) is 18.4 Å². The summed E-state index contributed by atoms with van der Waals surface area (Å²) in [7, 11) is 1.66. The van der Waals surface area contributed by atoms with Crippen molar-refractivity contribution in [3.8, 4) is 5.75 Å². The van der Waals surface area contributed by atoms with Gasteiger partial charge in [0.1, 0.15) is 5.75 Å². The molecule has 7 heteroatoms. The summed E-state index contributed by atoms with van der Waals surface area (Å²) in [6.45, 7) is 5.67. The zero-order chi connectivity index (χ0) is 19.2. The molecule has 2 fully saturated rings. The van der Waals surface area contributed by atoms with Crippen molar-refractivity contribution in [3.63, 3.8) is 0 Å². The molecule has 0 saturated carbocycles. The quantitative estimate of drug-likeness (QED) is 0.804. The Morgan fingerprint density at radius 1 is 1.07 bits per heavy atom. The van der Waals surface area contributed by atoms with Crippen molar-refractivity contribution in [2.24, 2.45) is 5.92 Å². The Morgan fingerprint density at radius 2 is 1.78 bits per heavy atom. The molecule has 1 atom stereocenters. The van der Waals surface area contributed by atoms with Crippen LogP contribution in [0, 0.1) is 5.92 Å². The van der Waals surface area contributed by atoms with E-state index < -0.39 is 5.97 Å². The number of nitrogens with zero attached hydrogens (tertiary/aromatic N) is 3. The largest absolute Gasteiger partial charge is 0.497 e. The molecule has 27 heavy (non-hydrogen) atoms. The lowest BCUT2D eigenvalue weighted by Crippen LogP contribution is -2.52. The Balaban J connectivity index is 1.42. The van der Waals surface area contributed by atoms with E-state index in [1.54, 1.807) is 7.11 Å². The lowest BCUT2D eigenvalue weighted by atomic mass is 9.98. The van der Waals surface area contributed by atoms with Crippen molar-refractivity contribution in [2.75, 3.05) is 52.9 Å². The number of hydrogen-bond acceptors (Lipinski definition) is 5. The average Bonchev–Trinajstić information content (AvgIpc) is 2.69. The van der Waals surface area contributed by atoms with Gasteiger partial charge in [-0.3, -0.25) is 19.4 Å². The van der Waals surface area contributed by atoms with Crippen molar-refractivity contribution < 1.29 is 19.4 Å². The highest BCUT2D eigenvalue weighted by atomic mass is 16.5. The third-order valence-corrected chi connectivity index (χ3v) is 5.50. The maximum Gasteiger partial charge on any atom is 0.307 e. The van der Waals surface area contributed by atoms with Gasteiger partial charge in [-0.05, 0) is 37.1 Å². The van der Waals surface area contributed by atoms with Crippen LogP contribution < -0.4 is 4.74 Å². The van der Waals surface area contributed by atoms with Crippen LogP contribution in [-0.2, 0) is 16.1 Å². The predicted octanol–water partition coefficient (Wildman–Crippen LogP) is 1.14. The van der Waals surface area contributed by atoms with Crippen LogP contribution in [0.15, 0.2) is 24.3 Å². The average molecular weight is 375 g/mol. The van der Waals surface area contributed by atoms with Crippen LogP contribution in [0.3, 0.4) is 0 Å². The highest BCUT2D eigenvalue weighted by Crippen LogP contribution is 2.17. The highest BCUT2D eigenvalue weighted by molar-refractivity contribution is 5.78. The van der Waals surface area contributed by atoms with E-state index in [0.29, 0.717) is 19.5 Å². The zero-order valence-corrected chi connectivity index (χ0v) is 16.0. The Morgan fingerprint density at radius 3 is 2.41 bits per heavy atom. The third kappa shape index (κ3) is 5.43. The number of likely N-dealkylation sites (tertiary alicyclic amines) is 1. The smallest absolute Gasteiger partial charge is 0.307 e. The lowest BCUT2D eigenvalue weighted by molar-refractivity contribution is -0.145. The van der Waals surface area contributed by atoms with Gasteiger partial charge in [0, 0.05) is 39.3 Å². The van der Waals surface area contributed by atoms with E-state index in [2.05, 4.69) is 17.0 Å². The van der Waals surface area contributed by atoms with Gasteiger partial charge >= 0.3 is 5.97 Å². The van der Waals surface area contributed by atoms with Gasteiger partial charge in [-0.2, -0.15) is 0 Å². The monoisotopic (exact) mass is 375 g/mol. The molecule has 0 radical (unpaired) electrons. The second kappa shape index (κ2) is 9.19.